The maximum atomic E-state index is 12.2. The highest BCUT2D eigenvalue weighted by Crippen LogP contribution is 2.25. The number of ether oxygens (including phenoxy) is 2. The molecule has 0 aromatic heterocycles. The molecule has 0 spiro atoms. The normalized spacial score (nSPS) is 9.89. The highest BCUT2D eigenvalue weighted by molar-refractivity contribution is 9.10. The summed E-state index contributed by atoms with van der Waals surface area (Å²) in [5.74, 6) is 0.605. The third-order valence-corrected chi connectivity index (χ3v) is 4.30. The van der Waals surface area contributed by atoms with Crippen molar-refractivity contribution in [1.29, 1.82) is 0 Å². The number of hydrogen-bond acceptors (Lipinski definition) is 5. The quantitative estimate of drug-likeness (QED) is 0.477. The van der Waals surface area contributed by atoms with E-state index in [4.69, 9.17) is 21.7 Å². The number of halogens is 1. The SMILES string of the molecule is COc1ccc(CC(=O)NNC(=S)NC(=O)c2ccc(OC)c(Br)c2)cc1. The van der Waals surface area contributed by atoms with Crippen LogP contribution >= 0.6 is 28.1 Å². The third-order valence-electron chi connectivity index (χ3n) is 3.48. The molecule has 0 saturated carbocycles. The van der Waals surface area contributed by atoms with Gasteiger partial charge in [0.15, 0.2) is 5.11 Å². The van der Waals surface area contributed by atoms with Gasteiger partial charge in [-0.25, -0.2) is 0 Å². The summed E-state index contributed by atoms with van der Waals surface area (Å²) in [5, 5.41) is 2.47. The predicted octanol–water partition coefficient (Wildman–Crippen LogP) is 2.34. The summed E-state index contributed by atoms with van der Waals surface area (Å²) >= 11 is 8.33. The number of carbonyl (C=O) groups excluding carboxylic acids is 2. The Hall–Kier alpha value is -2.65. The van der Waals surface area contributed by atoms with Crippen LogP contribution in [0.3, 0.4) is 0 Å². The zero-order chi connectivity index (χ0) is 19.8. The monoisotopic (exact) mass is 451 g/mol. The molecule has 0 bridgehead atoms. The summed E-state index contributed by atoms with van der Waals surface area (Å²) in [7, 11) is 3.11. The first-order chi connectivity index (χ1) is 12.9. The van der Waals surface area contributed by atoms with Gasteiger partial charge in [0, 0.05) is 5.56 Å². The average molecular weight is 452 g/mol. The van der Waals surface area contributed by atoms with Crippen LogP contribution in [-0.4, -0.2) is 31.1 Å². The molecule has 0 aliphatic heterocycles. The number of nitrogens with one attached hydrogen (secondary N) is 3. The number of rotatable bonds is 5. The smallest absolute Gasteiger partial charge is 0.257 e. The van der Waals surface area contributed by atoms with Gasteiger partial charge in [0.1, 0.15) is 11.5 Å². The van der Waals surface area contributed by atoms with Gasteiger partial charge in [0.2, 0.25) is 5.91 Å². The Morgan fingerprint density at radius 3 is 2.33 bits per heavy atom. The number of hydrogen-bond donors (Lipinski definition) is 3. The molecule has 2 amide bonds. The molecule has 2 aromatic rings. The predicted molar refractivity (Wildman–Crippen MR) is 109 cm³/mol. The zero-order valence-corrected chi connectivity index (χ0v) is 17.1. The van der Waals surface area contributed by atoms with Crippen molar-refractivity contribution >= 4 is 45.1 Å². The molecule has 0 fully saturated rings. The van der Waals surface area contributed by atoms with Crippen LogP contribution in [0.1, 0.15) is 15.9 Å². The maximum Gasteiger partial charge on any atom is 0.257 e. The summed E-state index contributed by atoms with van der Waals surface area (Å²) < 4.78 is 10.8. The molecule has 0 aliphatic carbocycles. The molecule has 0 unspecified atom stereocenters. The molecule has 2 rings (SSSR count). The number of benzene rings is 2. The summed E-state index contributed by atoms with van der Waals surface area (Å²) in [6.45, 7) is 0. The lowest BCUT2D eigenvalue weighted by Crippen LogP contribution is -2.48. The molecule has 0 radical (unpaired) electrons. The first-order valence-electron chi connectivity index (χ1n) is 7.79. The second-order valence-electron chi connectivity index (χ2n) is 5.33. The molecule has 142 valence electrons. The van der Waals surface area contributed by atoms with Gasteiger partial charge < -0.3 is 9.47 Å². The fraction of sp³-hybridized carbons (Fsp3) is 0.167. The first kappa shape index (κ1) is 20.7. The van der Waals surface area contributed by atoms with E-state index in [1.54, 1.807) is 49.6 Å². The van der Waals surface area contributed by atoms with Gasteiger partial charge in [-0.05, 0) is 64.0 Å². The van der Waals surface area contributed by atoms with Crippen molar-refractivity contribution in [3.05, 3.63) is 58.1 Å². The summed E-state index contributed by atoms with van der Waals surface area (Å²) in [5.41, 5.74) is 6.14. The largest absolute Gasteiger partial charge is 0.497 e. The molecule has 3 N–H and O–H groups in total. The Morgan fingerprint density at radius 2 is 1.74 bits per heavy atom. The second-order valence-corrected chi connectivity index (χ2v) is 6.59. The topological polar surface area (TPSA) is 88.7 Å². The van der Waals surface area contributed by atoms with E-state index < -0.39 is 5.91 Å². The zero-order valence-electron chi connectivity index (χ0n) is 14.7. The first-order valence-corrected chi connectivity index (χ1v) is 8.99. The van der Waals surface area contributed by atoms with Gasteiger partial charge in [0.25, 0.3) is 5.91 Å². The van der Waals surface area contributed by atoms with E-state index in [9.17, 15) is 9.59 Å². The molecule has 0 aliphatic rings. The number of amides is 2. The molecule has 0 saturated heterocycles. The molecule has 0 heterocycles. The third kappa shape index (κ3) is 6.22. The highest BCUT2D eigenvalue weighted by Gasteiger charge is 2.11. The van der Waals surface area contributed by atoms with Gasteiger partial charge in [-0.3, -0.25) is 25.8 Å². The van der Waals surface area contributed by atoms with Crippen LogP contribution in [0.4, 0.5) is 0 Å². The number of carbonyl (C=O) groups is 2. The van der Waals surface area contributed by atoms with Crippen LogP contribution in [0, 0.1) is 0 Å². The Kier molecular flexibility index (Phi) is 7.56. The summed E-state index contributed by atoms with van der Waals surface area (Å²) in [6.07, 6.45) is 0.152. The minimum absolute atomic E-state index is 0.0185. The van der Waals surface area contributed by atoms with E-state index >= 15 is 0 Å². The van der Waals surface area contributed by atoms with Crippen molar-refractivity contribution in [2.75, 3.05) is 14.2 Å². The second kappa shape index (κ2) is 9.89. The van der Waals surface area contributed by atoms with Crippen molar-refractivity contribution in [2.45, 2.75) is 6.42 Å². The van der Waals surface area contributed by atoms with E-state index in [1.807, 2.05) is 0 Å². The molecule has 0 atom stereocenters. The Labute approximate surface area is 170 Å². The summed E-state index contributed by atoms with van der Waals surface area (Å²) in [4.78, 5) is 24.1. The van der Waals surface area contributed by atoms with Gasteiger partial charge in [-0.1, -0.05) is 12.1 Å². The fourth-order valence-electron chi connectivity index (χ4n) is 2.11. The van der Waals surface area contributed by atoms with E-state index in [2.05, 4.69) is 32.1 Å². The maximum absolute atomic E-state index is 12.2. The number of methoxy groups -OCH3 is 2. The minimum atomic E-state index is -0.416. The van der Waals surface area contributed by atoms with Crippen LogP contribution in [-0.2, 0) is 11.2 Å². The van der Waals surface area contributed by atoms with Gasteiger partial charge in [-0.15, -0.1) is 0 Å². The number of thiocarbonyl (C=S) groups is 1. The standard InChI is InChI=1S/C18H18BrN3O4S/c1-25-13-6-3-11(4-7-13)9-16(23)21-22-18(27)20-17(24)12-5-8-15(26-2)14(19)10-12/h3-8,10H,9H2,1-2H3,(H,21,23)(H2,20,22,24,27). The van der Waals surface area contributed by atoms with Crippen molar-refractivity contribution in [3.8, 4) is 11.5 Å². The average Bonchev–Trinajstić information content (AvgIpc) is 2.67. The number of hydrazine groups is 1. The van der Waals surface area contributed by atoms with Crippen LogP contribution < -0.4 is 25.6 Å². The van der Waals surface area contributed by atoms with Crippen LogP contribution in [0.2, 0.25) is 0 Å². The summed E-state index contributed by atoms with van der Waals surface area (Å²) in [6, 6.07) is 12.0. The van der Waals surface area contributed by atoms with Gasteiger partial charge in [-0.2, -0.15) is 0 Å². The van der Waals surface area contributed by atoms with Gasteiger partial charge in [0.05, 0.1) is 25.1 Å². The molecule has 7 nitrogen and oxygen atoms in total. The molecular weight excluding hydrogens is 434 g/mol. The highest BCUT2D eigenvalue weighted by atomic mass is 79.9. The lowest BCUT2D eigenvalue weighted by atomic mass is 10.1. The Balaban J connectivity index is 1.81. The van der Waals surface area contributed by atoms with Crippen molar-refractivity contribution in [1.82, 2.24) is 16.2 Å². The van der Waals surface area contributed by atoms with E-state index in [1.165, 1.54) is 7.11 Å². The minimum Gasteiger partial charge on any atom is -0.497 e. The van der Waals surface area contributed by atoms with Crippen molar-refractivity contribution in [3.63, 3.8) is 0 Å². The molecule has 2 aromatic carbocycles. The molecular formula is C18H18BrN3O4S. The van der Waals surface area contributed by atoms with E-state index in [-0.39, 0.29) is 17.4 Å². The van der Waals surface area contributed by atoms with Gasteiger partial charge >= 0.3 is 0 Å². The Bertz CT molecular complexity index is 843. The molecule has 9 heteroatoms. The van der Waals surface area contributed by atoms with E-state index in [0.717, 1.165) is 5.56 Å². The molecule has 27 heavy (non-hydrogen) atoms. The van der Waals surface area contributed by atoms with Crippen LogP contribution in [0.15, 0.2) is 46.9 Å². The van der Waals surface area contributed by atoms with Crippen molar-refractivity contribution < 1.29 is 19.1 Å². The fourth-order valence-corrected chi connectivity index (χ4v) is 2.80. The van der Waals surface area contributed by atoms with Crippen LogP contribution in [0.5, 0.6) is 11.5 Å². The Morgan fingerprint density at radius 1 is 1.04 bits per heavy atom. The van der Waals surface area contributed by atoms with E-state index in [0.29, 0.717) is 21.5 Å². The lowest BCUT2D eigenvalue weighted by Gasteiger charge is -2.11. The lowest BCUT2D eigenvalue weighted by molar-refractivity contribution is -0.121. The van der Waals surface area contributed by atoms with Crippen LogP contribution in [0.25, 0.3) is 0 Å². The van der Waals surface area contributed by atoms with Crippen molar-refractivity contribution in [2.24, 2.45) is 0 Å².